The average molecular weight is 222 g/mol. The van der Waals surface area contributed by atoms with Crippen molar-refractivity contribution in [2.24, 2.45) is 0 Å². The van der Waals surface area contributed by atoms with E-state index in [2.05, 4.69) is 36.2 Å². The summed E-state index contributed by atoms with van der Waals surface area (Å²) in [5.41, 5.74) is 1.26. The van der Waals surface area contributed by atoms with E-state index in [1.165, 1.54) is 5.56 Å². The van der Waals surface area contributed by atoms with Crippen LogP contribution >= 0.6 is 12.2 Å². The van der Waals surface area contributed by atoms with Gasteiger partial charge < -0.3 is 10.2 Å². The monoisotopic (exact) mass is 222 g/mol. The van der Waals surface area contributed by atoms with E-state index >= 15 is 0 Å². The second kappa shape index (κ2) is 6.40. The lowest BCUT2D eigenvalue weighted by atomic mass is 10.2. The van der Waals surface area contributed by atoms with Gasteiger partial charge in [0.2, 0.25) is 0 Å². The molecule has 0 spiro atoms. The normalized spacial score (nSPS) is 9.73. The quantitative estimate of drug-likeness (QED) is 0.788. The molecule has 0 aliphatic rings. The highest BCUT2D eigenvalue weighted by atomic mass is 32.1. The van der Waals surface area contributed by atoms with Gasteiger partial charge in [-0.2, -0.15) is 0 Å². The van der Waals surface area contributed by atoms with Gasteiger partial charge in [0.15, 0.2) is 5.11 Å². The Kier molecular flexibility index (Phi) is 5.12. The topological polar surface area (TPSA) is 15.3 Å². The van der Waals surface area contributed by atoms with Crippen LogP contribution in [0.15, 0.2) is 30.3 Å². The van der Waals surface area contributed by atoms with E-state index in [9.17, 15) is 0 Å². The van der Waals surface area contributed by atoms with Gasteiger partial charge in [-0.15, -0.1) is 0 Å². The summed E-state index contributed by atoms with van der Waals surface area (Å²) in [5, 5.41) is 4.10. The van der Waals surface area contributed by atoms with Crippen molar-refractivity contribution in [1.82, 2.24) is 10.2 Å². The molecule has 0 unspecified atom stereocenters. The molecule has 82 valence electrons. The van der Waals surface area contributed by atoms with Gasteiger partial charge in [0.05, 0.1) is 0 Å². The van der Waals surface area contributed by atoms with Gasteiger partial charge in [0, 0.05) is 19.6 Å². The van der Waals surface area contributed by atoms with Crippen molar-refractivity contribution < 1.29 is 0 Å². The van der Waals surface area contributed by atoms with Crippen LogP contribution in [0.25, 0.3) is 0 Å². The number of nitrogens with one attached hydrogen (secondary N) is 1. The summed E-state index contributed by atoms with van der Waals surface area (Å²) < 4.78 is 0. The fraction of sp³-hybridized carbons (Fsp3) is 0.417. The third kappa shape index (κ3) is 3.88. The minimum atomic E-state index is 0.802. The van der Waals surface area contributed by atoms with Crippen molar-refractivity contribution in [1.29, 1.82) is 0 Å². The molecule has 1 aromatic carbocycles. The maximum absolute atomic E-state index is 5.29. The van der Waals surface area contributed by atoms with Gasteiger partial charge in [-0.25, -0.2) is 0 Å². The van der Waals surface area contributed by atoms with Crippen LogP contribution in [0.3, 0.4) is 0 Å². The van der Waals surface area contributed by atoms with Gasteiger partial charge in [0.25, 0.3) is 0 Å². The molecular formula is C12H18N2S. The second-order valence-corrected chi connectivity index (χ2v) is 3.70. The summed E-state index contributed by atoms with van der Waals surface area (Å²) in [4.78, 5) is 2.14. The highest BCUT2D eigenvalue weighted by molar-refractivity contribution is 7.80. The lowest BCUT2D eigenvalue weighted by molar-refractivity contribution is 0.456. The summed E-state index contributed by atoms with van der Waals surface area (Å²) in [6, 6.07) is 10.3. The number of thiocarbonyl (C=S) groups is 1. The Labute approximate surface area is 97.3 Å². The molecule has 1 aromatic rings. The molecule has 15 heavy (non-hydrogen) atoms. The van der Waals surface area contributed by atoms with Gasteiger partial charge in [-0.1, -0.05) is 30.3 Å². The van der Waals surface area contributed by atoms with E-state index in [-0.39, 0.29) is 0 Å². The predicted octanol–water partition coefficient (Wildman–Crippen LogP) is 2.40. The molecule has 0 aliphatic heterocycles. The molecule has 0 bridgehead atoms. The number of benzene rings is 1. The first-order chi connectivity index (χ1) is 7.27. The fourth-order valence-corrected chi connectivity index (χ4v) is 1.73. The molecule has 0 heterocycles. The SMILES string of the molecule is CCN(CC)C(=S)NCc1ccccc1. The van der Waals surface area contributed by atoms with Crippen LogP contribution in [0.2, 0.25) is 0 Å². The van der Waals surface area contributed by atoms with Crippen LogP contribution in [0.1, 0.15) is 19.4 Å². The van der Waals surface area contributed by atoms with Gasteiger partial charge >= 0.3 is 0 Å². The smallest absolute Gasteiger partial charge is 0.169 e. The van der Waals surface area contributed by atoms with Crippen molar-refractivity contribution >= 4 is 17.3 Å². The number of hydrogen-bond donors (Lipinski definition) is 1. The Morgan fingerprint density at radius 2 is 1.80 bits per heavy atom. The van der Waals surface area contributed by atoms with E-state index in [1.807, 2.05) is 18.2 Å². The van der Waals surface area contributed by atoms with Crippen molar-refractivity contribution in [3.8, 4) is 0 Å². The minimum Gasteiger partial charge on any atom is -0.358 e. The van der Waals surface area contributed by atoms with Crippen molar-refractivity contribution in [2.75, 3.05) is 13.1 Å². The van der Waals surface area contributed by atoms with E-state index in [4.69, 9.17) is 12.2 Å². The first-order valence-corrected chi connectivity index (χ1v) is 5.75. The third-order valence-corrected chi connectivity index (χ3v) is 2.74. The maximum Gasteiger partial charge on any atom is 0.169 e. The Morgan fingerprint density at radius 1 is 1.20 bits per heavy atom. The molecule has 1 N–H and O–H groups in total. The van der Waals surface area contributed by atoms with Crippen LogP contribution in [-0.2, 0) is 6.54 Å². The third-order valence-electron chi connectivity index (χ3n) is 2.34. The summed E-state index contributed by atoms with van der Waals surface area (Å²) in [5.74, 6) is 0. The van der Waals surface area contributed by atoms with Crippen LogP contribution in [-0.4, -0.2) is 23.1 Å². The lowest BCUT2D eigenvalue weighted by Crippen LogP contribution is -2.39. The van der Waals surface area contributed by atoms with Crippen molar-refractivity contribution in [2.45, 2.75) is 20.4 Å². The van der Waals surface area contributed by atoms with Gasteiger partial charge in [-0.05, 0) is 31.6 Å². The lowest BCUT2D eigenvalue weighted by Gasteiger charge is -2.22. The first kappa shape index (κ1) is 12.0. The first-order valence-electron chi connectivity index (χ1n) is 5.34. The molecular weight excluding hydrogens is 204 g/mol. The van der Waals surface area contributed by atoms with Crippen molar-refractivity contribution in [3.05, 3.63) is 35.9 Å². The zero-order chi connectivity index (χ0) is 11.1. The molecule has 3 heteroatoms. The van der Waals surface area contributed by atoms with Crippen LogP contribution in [0.4, 0.5) is 0 Å². The molecule has 0 aliphatic carbocycles. The number of hydrogen-bond acceptors (Lipinski definition) is 1. The zero-order valence-corrected chi connectivity index (χ0v) is 10.2. The molecule has 0 fully saturated rings. The number of nitrogens with zero attached hydrogens (tertiary/aromatic N) is 1. The molecule has 0 saturated heterocycles. The van der Waals surface area contributed by atoms with Crippen LogP contribution in [0, 0.1) is 0 Å². The Hall–Kier alpha value is -1.09. The fourth-order valence-electron chi connectivity index (χ4n) is 1.40. The summed E-state index contributed by atoms with van der Waals surface area (Å²) >= 11 is 5.29. The standard InChI is InChI=1S/C12H18N2S/c1-3-14(4-2)12(15)13-10-11-8-6-5-7-9-11/h5-9H,3-4,10H2,1-2H3,(H,13,15). The zero-order valence-electron chi connectivity index (χ0n) is 9.36. The second-order valence-electron chi connectivity index (χ2n) is 3.32. The van der Waals surface area contributed by atoms with Gasteiger partial charge in [-0.3, -0.25) is 0 Å². The Balaban J connectivity index is 2.40. The van der Waals surface area contributed by atoms with E-state index < -0.39 is 0 Å². The van der Waals surface area contributed by atoms with Crippen molar-refractivity contribution in [3.63, 3.8) is 0 Å². The molecule has 0 atom stereocenters. The average Bonchev–Trinajstić information content (AvgIpc) is 2.29. The molecule has 0 aromatic heterocycles. The predicted molar refractivity (Wildman–Crippen MR) is 68.8 cm³/mol. The van der Waals surface area contributed by atoms with Gasteiger partial charge in [0.1, 0.15) is 0 Å². The highest BCUT2D eigenvalue weighted by Crippen LogP contribution is 1.98. The Bertz CT molecular complexity index is 294. The highest BCUT2D eigenvalue weighted by Gasteiger charge is 2.03. The van der Waals surface area contributed by atoms with E-state index in [1.54, 1.807) is 0 Å². The molecule has 2 nitrogen and oxygen atoms in total. The molecule has 0 radical (unpaired) electrons. The van der Waals surface area contributed by atoms with E-state index in [0.29, 0.717) is 0 Å². The largest absolute Gasteiger partial charge is 0.358 e. The van der Waals surface area contributed by atoms with Crippen LogP contribution < -0.4 is 5.32 Å². The maximum atomic E-state index is 5.29. The summed E-state index contributed by atoms with van der Waals surface area (Å²) in [6.07, 6.45) is 0. The van der Waals surface area contributed by atoms with E-state index in [0.717, 1.165) is 24.7 Å². The number of rotatable bonds is 4. The molecule has 0 amide bonds. The minimum absolute atomic E-state index is 0.802. The van der Waals surface area contributed by atoms with Crippen LogP contribution in [0.5, 0.6) is 0 Å². The molecule has 1 rings (SSSR count). The summed E-state index contributed by atoms with van der Waals surface area (Å²) in [6.45, 7) is 6.93. The molecule has 0 saturated carbocycles. The Morgan fingerprint density at radius 3 is 2.33 bits per heavy atom. The summed E-state index contributed by atoms with van der Waals surface area (Å²) in [7, 11) is 0.